The maximum atomic E-state index is 5.13. The van der Waals surface area contributed by atoms with Crippen LogP contribution in [-0.4, -0.2) is 27.4 Å². The molecule has 0 radical (unpaired) electrons. The van der Waals surface area contributed by atoms with Crippen molar-refractivity contribution in [1.82, 2.24) is 9.97 Å². The zero-order valence-corrected chi connectivity index (χ0v) is 20.4. The smallest absolute Gasteiger partial charge is 0.0774 e. The highest BCUT2D eigenvalue weighted by Gasteiger charge is 2.25. The third-order valence-electron chi connectivity index (χ3n) is 7.93. The van der Waals surface area contributed by atoms with E-state index in [1.165, 1.54) is 55.9 Å². The Morgan fingerprint density at radius 2 is 1.38 bits per heavy atom. The first-order valence-corrected chi connectivity index (χ1v) is 11.5. The molecule has 0 saturated carbocycles. The molecule has 3 aliphatic heterocycles. The van der Waals surface area contributed by atoms with E-state index in [-0.39, 0.29) is 6.04 Å². The van der Waals surface area contributed by atoms with Gasteiger partial charge in [-0.2, -0.15) is 0 Å². The average molecular weight is 425 g/mol. The van der Waals surface area contributed by atoms with Gasteiger partial charge in [0.1, 0.15) is 0 Å². The van der Waals surface area contributed by atoms with Crippen LogP contribution in [-0.2, 0) is 6.42 Å². The molecule has 0 aliphatic carbocycles. The molecule has 4 heteroatoms. The molecule has 8 bridgehead atoms. The Hall–Kier alpha value is -3.14. The van der Waals surface area contributed by atoms with Crippen molar-refractivity contribution in [1.29, 1.82) is 0 Å². The number of rotatable bonds is 0. The fraction of sp³-hybridized carbons (Fsp3) is 0.357. The second-order valence-corrected chi connectivity index (χ2v) is 9.58. The summed E-state index contributed by atoms with van der Waals surface area (Å²) in [6.45, 7) is 17.5. The summed E-state index contributed by atoms with van der Waals surface area (Å²) in [6, 6.07) is 0.169. The van der Waals surface area contributed by atoms with Gasteiger partial charge in [-0.15, -0.1) is 0 Å². The van der Waals surface area contributed by atoms with E-state index >= 15 is 0 Å². The van der Waals surface area contributed by atoms with Gasteiger partial charge in [-0.05, 0) is 118 Å². The standard InChI is InChI=1S/C28H32N4/c1-13-14(2)22-10-24-17(5)18(6)26(31-24)12-28-20(8)19(7)27(32-28)11-25-16(4)15(3)23(30-25)9-21(13)29-22/h9-11,26,30,32H,12H2,1-8H3/b22-10-,23-9-,25-11-. The molecule has 2 aromatic rings. The number of H-pyrrole nitrogens is 2. The van der Waals surface area contributed by atoms with Crippen LogP contribution in [0.15, 0.2) is 44.1 Å². The largest absolute Gasteiger partial charge is 0.358 e. The second kappa shape index (κ2) is 7.19. The van der Waals surface area contributed by atoms with E-state index in [2.05, 4.69) is 83.6 Å². The monoisotopic (exact) mass is 424 g/mol. The number of aromatic nitrogens is 2. The van der Waals surface area contributed by atoms with Crippen molar-refractivity contribution in [2.45, 2.75) is 67.9 Å². The Balaban J connectivity index is 1.82. The van der Waals surface area contributed by atoms with Crippen molar-refractivity contribution in [2.24, 2.45) is 9.98 Å². The van der Waals surface area contributed by atoms with Crippen LogP contribution < -0.4 is 10.7 Å². The maximum Gasteiger partial charge on any atom is 0.0774 e. The molecule has 0 aromatic carbocycles. The van der Waals surface area contributed by atoms with E-state index in [0.717, 1.165) is 34.2 Å². The fourth-order valence-corrected chi connectivity index (χ4v) is 4.88. The minimum absolute atomic E-state index is 0.169. The summed E-state index contributed by atoms with van der Waals surface area (Å²) in [5, 5.41) is 2.27. The Labute approximate surface area is 190 Å². The van der Waals surface area contributed by atoms with Crippen molar-refractivity contribution in [2.75, 3.05) is 0 Å². The first kappa shape index (κ1) is 20.7. The van der Waals surface area contributed by atoms with Crippen molar-refractivity contribution in [3.8, 4) is 0 Å². The van der Waals surface area contributed by atoms with Crippen LogP contribution in [0.4, 0.5) is 0 Å². The molecule has 1 atom stereocenters. The van der Waals surface area contributed by atoms with Gasteiger partial charge in [-0.25, -0.2) is 4.99 Å². The molecule has 32 heavy (non-hydrogen) atoms. The minimum atomic E-state index is 0.169. The summed E-state index contributed by atoms with van der Waals surface area (Å²) >= 11 is 0. The zero-order valence-electron chi connectivity index (χ0n) is 20.4. The van der Waals surface area contributed by atoms with E-state index in [1.807, 2.05) is 0 Å². The quantitative estimate of drug-likeness (QED) is 0.622. The average Bonchev–Trinajstić information content (AvgIpc) is 3.37. The minimum Gasteiger partial charge on any atom is -0.358 e. The van der Waals surface area contributed by atoms with Crippen LogP contribution in [0.2, 0.25) is 0 Å². The fourth-order valence-electron chi connectivity index (χ4n) is 4.88. The Morgan fingerprint density at radius 3 is 2.09 bits per heavy atom. The summed E-state index contributed by atoms with van der Waals surface area (Å²) in [6.07, 6.45) is 7.51. The van der Waals surface area contributed by atoms with Crippen molar-refractivity contribution in [3.05, 3.63) is 78.4 Å². The number of hydrogen-bond acceptors (Lipinski definition) is 2. The molecule has 2 aromatic heterocycles. The summed E-state index contributed by atoms with van der Waals surface area (Å²) < 4.78 is 0. The van der Waals surface area contributed by atoms with Gasteiger partial charge in [0.2, 0.25) is 0 Å². The third-order valence-corrected chi connectivity index (χ3v) is 7.93. The zero-order chi connectivity index (χ0) is 22.9. The topological polar surface area (TPSA) is 56.3 Å². The predicted molar refractivity (Wildman–Crippen MR) is 135 cm³/mol. The van der Waals surface area contributed by atoms with Gasteiger partial charge < -0.3 is 9.97 Å². The van der Waals surface area contributed by atoms with Crippen LogP contribution in [0, 0.1) is 27.7 Å². The van der Waals surface area contributed by atoms with Crippen molar-refractivity contribution in [3.63, 3.8) is 0 Å². The molecule has 164 valence electrons. The van der Waals surface area contributed by atoms with Crippen molar-refractivity contribution >= 4 is 23.6 Å². The van der Waals surface area contributed by atoms with Crippen LogP contribution in [0.1, 0.15) is 61.3 Å². The number of allylic oxidation sites excluding steroid dienone is 4. The van der Waals surface area contributed by atoms with E-state index in [1.54, 1.807) is 0 Å². The Kier molecular flexibility index (Phi) is 4.66. The van der Waals surface area contributed by atoms with Crippen LogP contribution in [0.3, 0.4) is 0 Å². The van der Waals surface area contributed by atoms with Crippen LogP contribution in [0.5, 0.6) is 0 Å². The molecule has 1 unspecified atom stereocenters. The van der Waals surface area contributed by atoms with Gasteiger partial charge in [0.15, 0.2) is 0 Å². The van der Waals surface area contributed by atoms with Gasteiger partial charge in [0.05, 0.1) is 23.2 Å². The first-order chi connectivity index (χ1) is 15.2. The number of aliphatic imine (C=N–C) groups is 2. The van der Waals surface area contributed by atoms with Gasteiger partial charge >= 0.3 is 0 Å². The number of hydrogen-bond donors (Lipinski definition) is 2. The van der Waals surface area contributed by atoms with Crippen LogP contribution >= 0.6 is 0 Å². The second-order valence-electron chi connectivity index (χ2n) is 9.58. The number of aromatic amines is 2. The number of fused-ring (bicyclic) bond motifs is 6. The molecular formula is C28H32N4. The van der Waals surface area contributed by atoms with Gasteiger partial charge in [-0.3, -0.25) is 4.99 Å². The van der Waals surface area contributed by atoms with Gasteiger partial charge in [-0.1, -0.05) is 0 Å². The number of nitrogens with zero attached hydrogens (tertiary/aromatic N) is 2. The molecule has 0 fully saturated rings. The molecule has 3 aliphatic rings. The lowest BCUT2D eigenvalue weighted by molar-refractivity contribution is 0.760. The predicted octanol–water partition coefficient (Wildman–Crippen LogP) is 4.58. The molecule has 0 spiro atoms. The Bertz CT molecular complexity index is 1460. The molecule has 5 heterocycles. The normalized spacial score (nSPS) is 24.0. The molecule has 2 N–H and O–H groups in total. The molecule has 4 nitrogen and oxygen atoms in total. The maximum absolute atomic E-state index is 5.13. The summed E-state index contributed by atoms with van der Waals surface area (Å²) in [4.78, 5) is 17.5. The lowest BCUT2D eigenvalue weighted by Crippen LogP contribution is -2.14. The lowest BCUT2D eigenvalue weighted by Gasteiger charge is -2.09. The van der Waals surface area contributed by atoms with Gasteiger partial charge in [0.25, 0.3) is 0 Å². The summed E-state index contributed by atoms with van der Waals surface area (Å²) in [7, 11) is 0. The molecule has 0 saturated heterocycles. The number of nitrogens with one attached hydrogen (secondary N) is 2. The third kappa shape index (κ3) is 3.04. The summed E-state index contributed by atoms with van der Waals surface area (Å²) in [5.41, 5.74) is 15.8. The highest BCUT2D eigenvalue weighted by atomic mass is 14.9. The first-order valence-electron chi connectivity index (χ1n) is 11.5. The highest BCUT2D eigenvalue weighted by Crippen LogP contribution is 2.31. The van der Waals surface area contributed by atoms with E-state index in [4.69, 9.17) is 9.98 Å². The molecule has 5 rings (SSSR count). The van der Waals surface area contributed by atoms with Crippen LogP contribution in [0.25, 0.3) is 12.2 Å². The van der Waals surface area contributed by atoms with Gasteiger partial charge in [0, 0.05) is 28.5 Å². The van der Waals surface area contributed by atoms with Crippen molar-refractivity contribution < 1.29 is 0 Å². The SMILES string of the molecule is CC1=C(C)/C2=C/C3=NC(Cc4[nH]c(c(C)c4C)/C=c4\[nH]/c(c(C)c4C)=C\C1=N2)C(C)=C3C. The van der Waals surface area contributed by atoms with E-state index < -0.39 is 0 Å². The van der Waals surface area contributed by atoms with E-state index in [9.17, 15) is 0 Å². The highest BCUT2D eigenvalue weighted by molar-refractivity contribution is 6.23. The van der Waals surface area contributed by atoms with E-state index in [0.29, 0.717) is 0 Å². The Morgan fingerprint density at radius 1 is 0.688 bits per heavy atom. The molecule has 0 amide bonds. The molecular weight excluding hydrogens is 392 g/mol. The lowest BCUT2D eigenvalue weighted by atomic mass is 9.99. The summed E-state index contributed by atoms with van der Waals surface area (Å²) in [5.74, 6) is 0.